The van der Waals surface area contributed by atoms with Gasteiger partial charge in [0.2, 0.25) is 10.0 Å². The number of aryl methyl sites for hydroxylation is 3. The summed E-state index contributed by atoms with van der Waals surface area (Å²) >= 11 is 3.48. The minimum atomic E-state index is -3.57. The van der Waals surface area contributed by atoms with Gasteiger partial charge in [0.05, 0.1) is 18.1 Å². The number of benzene rings is 2. The van der Waals surface area contributed by atoms with Gasteiger partial charge in [-0.05, 0) is 67.3 Å². The van der Waals surface area contributed by atoms with Crippen molar-refractivity contribution in [2.75, 3.05) is 38.2 Å². The van der Waals surface area contributed by atoms with Crippen LogP contribution in [0.5, 0.6) is 5.75 Å². The van der Waals surface area contributed by atoms with E-state index in [2.05, 4.69) is 21.2 Å². The summed E-state index contributed by atoms with van der Waals surface area (Å²) in [6.45, 7) is 7.04. The minimum Gasteiger partial charge on any atom is -0.483 e. The van der Waals surface area contributed by atoms with Crippen LogP contribution in [0.1, 0.15) is 23.6 Å². The van der Waals surface area contributed by atoms with Crippen LogP contribution in [-0.4, -0.2) is 51.5 Å². The second kappa shape index (κ2) is 10.1. The highest BCUT2D eigenvalue weighted by Crippen LogP contribution is 2.27. The lowest BCUT2D eigenvalue weighted by Gasteiger charge is -2.26. The first-order valence-corrected chi connectivity index (χ1v) is 12.4. The molecule has 1 saturated heterocycles. The maximum absolute atomic E-state index is 12.8. The van der Waals surface area contributed by atoms with Crippen molar-refractivity contribution < 1.29 is 22.7 Å². The van der Waals surface area contributed by atoms with E-state index in [-0.39, 0.29) is 17.4 Å². The van der Waals surface area contributed by atoms with E-state index in [1.54, 1.807) is 19.1 Å². The number of sulfonamides is 1. The molecule has 1 aliphatic rings. The molecule has 0 unspecified atom stereocenters. The Morgan fingerprint density at radius 3 is 2.52 bits per heavy atom. The molecule has 31 heavy (non-hydrogen) atoms. The Hall–Kier alpha value is -1.94. The fourth-order valence-electron chi connectivity index (χ4n) is 3.47. The maximum atomic E-state index is 12.8. The number of halogens is 1. The van der Waals surface area contributed by atoms with Gasteiger partial charge in [0.15, 0.2) is 6.61 Å². The fourth-order valence-corrected chi connectivity index (χ4v) is 5.58. The van der Waals surface area contributed by atoms with E-state index in [4.69, 9.17) is 9.47 Å². The van der Waals surface area contributed by atoms with E-state index in [9.17, 15) is 13.2 Å². The van der Waals surface area contributed by atoms with Gasteiger partial charge >= 0.3 is 0 Å². The van der Waals surface area contributed by atoms with Crippen LogP contribution in [0.2, 0.25) is 0 Å². The highest BCUT2D eigenvalue weighted by molar-refractivity contribution is 9.10. The van der Waals surface area contributed by atoms with Crippen molar-refractivity contribution in [3.8, 4) is 5.75 Å². The first-order chi connectivity index (χ1) is 14.7. The Kier molecular flexibility index (Phi) is 7.74. The van der Waals surface area contributed by atoms with Gasteiger partial charge < -0.3 is 14.8 Å². The molecule has 0 aliphatic carbocycles. The van der Waals surface area contributed by atoms with Gasteiger partial charge in [0, 0.05) is 23.2 Å². The van der Waals surface area contributed by atoms with Gasteiger partial charge in [-0.3, -0.25) is 4.79 Å². The topological polar surface area (TPSA) is 84.9 Å². The van der Waals surface area contributed by atoms with E-state index >= 15 is 0 Å². The lowest BCUT2D eigenvalue weighted by atomic mass is 10.1. The molecule has 9 heteroatoms. The molecule has 0 saturated carbocycles. The van der Waals surface area contributed by atoms with Crippen molar-refractivity contribution >= 4 is 37.5 Å². The highest BCUT2D eigenvalue weighted by Gasteiger charge is 2.26. The van der Waals surface area contributed by atoms with E-state index in [0.29, 0.717) is 37.6 Å². The normalized spacial score (nSPS) is 15.0. The van der Waals surface area contributed by atoms with Crippen molar-refractivity contribution in [1.29, 1.82) is 0 Å². The number of ether oxygens (including phenoxy) is 2. The second-order valence-corrected chi connectivity index (χ2v) is 10.2. The number of carbonyl (C=O) groups excluding carboxylic acids is 1. The Morgan fingerprint density at radius 2 is 1.87 bits per heavy atom. The number of hydrogen-bond donors (Lipinski definition) is 1. The first kappa shape index (κ1) is 23.7. The quantitative estimate of drug-likeness (QED) is 0.614. The predicted molar refractivity (Wildman–Crippen MR) is 123 cm³/mol. The largest absolute Gasteiger partial charge is 0.483 e. The summed E-state index contributed by atoms with van der Waals surface area (Å²) in [5.41, 5.74) is 3.45. The Morgan fingerprint density at radius 1 is 1.16 bits per heavy atom. The lowest BCUT2D eigenvalue weighted by Crippen LogP contribution is -2.40. The number of nitrogens with one attached hydrogen (secondary N) is 1. The summed E-state index contributed by atoms with van der Waals surface area (Å²) in [5, 5.41) is 2.93. The predicted octanol–water partition coefficient (Wildman–Crippen LogP) is 3.67. The molecule has 2 aromatic rings. The number of morpholine rings is 1. The van der Waals surface area contributed by atoms with Crippen molar-refractivity contribution in [3.05, 3.63) is 51.5 Å². The molecule has 0 atom stereocenters. The number of rotatable bonds is 7. The van der Waals surface area contributed by atoms with Gasteiger partial charge in [-0.25, -0.2) is 8.42 Å². The molecule has 2 aromatic carbocycles. The lowest BCUT2D eigenvalue weighted by molar-refractivity contribution is -0.118. The molecular weight excluding hydrogens is 484 g/mol. The van der Waals surface area contributed by atoms with E-state index in [1.165, 1.54) is 10.4 Å². The van der Waals surface area contributed by atoms with Gasteiger partial charge in [0.1, 0.15) is 5.75 Å². The van der Waals surface area contributed by atoms with Crippen LogP contribution in [0, 0.1) is 13.8 Å². The zero-order chi connectivity index (χ0) is 22.6. The summed E-state index contributed by atoms with van der Waals surface area (Å²) in [5.74, 6) is 0.198. The van der Waals surface area contributed by atoms with Crippen LogP contribution < -0.4 is 10.1 Å². The second-order valence-electron chi connectivity index (χ2n) is 7.39. The summed E-state index contributed by atoms with van der Waals surface area (Å²) in [4.78, 5) is 12.7. The molecule has 1 heterocycles. The molecule has 7 nitrogen and oxygen atoms in total. The highest BCUT2D eigenvalue weighted by atomic mass is 79.9. The average molecular weight is 511 g/mol. The number of nitrogens with zero attached hydrogens (tertiary/aromatic N) is 1. The van der Waals surface area contributed by atoms with Crippen LogP contribution in [0.15, 0.2) is 39.7 Å². The Bertz CT molecular complexity index is 1070. The summed E-state index contributed by atoms with van der Waals surface area (Å²) in [7, 11) is -3.57. The standard InChI is InChI=1S/C22H27BrN2O5S/c1-4-17-13-18(23)11-16(3)22(17)24-21(26)14-30-20-6-5-19(12-15(20)2)31(27,28)25-7-9-29-10-8-25/h5-6,11-13H,4,7-10,14H2,1-3H3,(H,24,26). The molecule has 1 fully saturated rings. The van der Waals surface area contributed by atoms with Crippen LogP contribution in [0.3, 0.4) is 0 Å². The van der Waals surface area contributed by atoms with Gasteiger partial charge in [-0.2, -0.15) is 4.31 Å². The molecular formula is C22H27BrN2O5S. The van der Waals surface area contributed by atoms with Crippen LogP contribution in [0.25, 0.3) is 0 Å². The number of hydrogen-bond acceptors (Lipinski definition) is 5. The number of carbonyl (C=O) groups is 1. The summed E-state index contributed by atoms with van der Waals surface area (Å²) < 4.78 is 38.9. The third-order valence-corrected chi connectivity index (χ3v) is 7.49. The Balaban J connectivity index is 1.67. The van der Waals surface area contributed by atoms with Crippen LogP contribution >= 0.6 is 15.9 Å². The summed E-state index contributed by atoms with van der Waals surface area (Å²) in [6, 6.07) is 8.62. The van der Waals surface area contributed by atoms with Gasteiger partial charge in [-0.1, -0.05) is 22.9 Å². The molecule has 0 spiro atoms. The molecule has 0 aromatic heterocycles. The molecule has 1 N–H and O–H groups in total. The van der Waals surface area contributed by atoms with Crippen molar-refractivity contribution in [2.24, 2.45) is 0 Å². The Labute approximate surface area is 191 Å². The van der Waals surface area contributed by atoms with Gasteiger partial charge in [0.25, 0.3) is 5.91 Å². The minimum absolute atomic E-state index is 0.172. The maximum Gasteiger partial charge on any atom is 0.262 e. The zero-order valence-corrected chi connectivity index (χ0v) is 20.3. The van der Waals surface area contributed by atoms with Crippen molar-refractivity contribution in [3.63, 3.8) is 0 Å². The molecule has 0 radical (unpaired) electrons. The van der Waals surface area contributed by atoms with Crippen molar-refractivity contribution in [2.45, 2.75) is 32.1 Å². The molecule has 3 rings (SSSR count). The first-order valence-electron chi connectivity index (χ1n) is 10.1. The monoisotopic (exact) mass is 510 g/mol. The molecule has 0 bridgehead atoms. The van der Waals surface area contributed by atoms with E-state index in [1.807, 2.05) is 26.0 Å². The third kappa shape index (κ3) is 5.65. The van der Waals surface area contributed by atoms with E-state index < -0.39 is 10.0 Å². The zero-order valence-electron chi connectivity index (χ0n) is 17.9. The summed E-state index contributed by atoms with van der Waals surface area (Å²) in [6.07, 6.45) is 0.787. The smallest absolute Gasteiger partial charge is 0.262 e. The number of amides is 1. The molecule has 168 valence electrons. The molecule has 1 aliphatic heterocycles. The fraction of sp³-hybridized carbons (Fsp3) is 0.409. The van der Waals surface area contributed by atoms with Crippen molar-refractivity contribution in [1.82, 2.24) is 4.31 Å². The van der Waals surface area contributed by atoms with Crippen LogP contribution in [0.4, 0.5) is 5.69 Å². The SMILES string of the molecule is CCc1cc(Br)cc(C)c1NC(=O)COc1ccc(S(=O)(=O)N2CCOCC2)cc1C. The third-order valence-electron chi connectivity index (χ3n) is 5.14. The van der Waals surface area contributed by atoms with Crippen LogP contribution in [-0.2, 0) is 26.0 Å². The van der Waals surface area contributed by atoms with E-state index in [0.717, 1.165) is 27.7 Å². The number of anilines is 1. The average Bonchev–Trinajstić information content (AvgIpc) is 2.75. The molecule has 1 amide bonds. The van der Waals surface area contributed by atoms with Gasteiger partial charge in [-0.15, -0.1) is 0 Å².